The summed E-state index contributed by atoms with van der Waals surface area (Å²) in [6.45, 7) is 6.52. The van der Waals surface area contributed by atoms with Crippen molar-refractivity contribution in [2.45, 2.75) is 27.2 Å². The van der Waals surface area contributed by atoms with E-state index in [1.54, 1.807) is 11.3 Å². The Morgan fingerprint density at radius 3 is 2.50 bits per heavy atom. The van der Waals surface area contributed by atoms with Crippen LogP contribution in [0.4, 0.5) is 0 Å². The standard InChI is InChI=1S/C14H16BrNOS/c1-8-6-10(3)11(7-9(8)2)14-16-13(15)12(18-14)4-5-17/h6-7,17H,4-5H2,1-3H3. The summed E-state index contributed by atoms with van der Waals surface area (Å²) in [7, 11) is 0. The third-order valence-corrected chi connectivity index (χ3v) is 5.13. The van der Waals surface area contributed by atoms with Gasteiger partial charge in [0, 0.05) is 23.5 Å². The molecule has 0 aliphatic heterocycles. The Balaban J connectivity index is 2.48. The number of halogens is 1. The normalized spacial score (nSPS) is 10.9. The van der Waals surface area contributed by atoms with Gasteiger partial charge in [0.25, 0.3) is 0 Å². The van der Waals surface area contributed by atoms with Crippen molar-refractivity contribution in [3.63, 3.8) is 0 Å². The first kappa shape index (κ1) is 13.7. The fourth-order valence-corrected chi connectivity index (χ4v) is 3.65. The van der Waals surface area contributed by atoms with Crippen molar-refractivity contribution in [1.29, 1.82) is 0 Å². The van der Waals surface area contributed by atoms with Gasteiger partial charge >= 0.3 is 0 Å². The molecule has 0 radical (unpaired) electrons. The fraction of sp³-hybridized carbons (Fsp3) is 0.357. The smallest absolute Gasteiger partial charge is 0.125 e. The van der Waals surface area contributed by atoms with Crippen molar-refractivity contribution >= 4 is 27.3 Å². The summed E-state index contributed by atoms with van der Waals surface area (Å²) in [5.41, 5.74) is 5.02. The molecule has 1 aromatic carbocycles. The number of thiazole rings is 1. The van der Waals surface area contributed by atoms with Gasteiger partial charge in [0.15, 0.2) is 0 Å². The van der Waals surface area contributed by atoms with Gasteiger partial charge in [0.2, 0.25) is 0 Å². The molecule has 4 heteroatoms. The highest BCUT2D eigenvalue weighted by Gasteiger charge is 2.12. The summed E-state index contributed by atoms with van der Waals surface area (Å²) in [5, 5.41) is 10.0. The molecule has 1 N–H and O–H groups in total. The van der Waals surface area contributed by atoms with Crippen LogP contribution in [-0.2, 0) is 6.42 Å². The van der Waals surface area contributed by atoms with Crippen LogP contribution in [0.15, 0.2) is 16.7 Å². The molecule has 0 unspecified atom stereocenters. The average Bonchev–Trinajstić information content (AvgIpc) is 2.66. The van der Waals surface area contributed by atoms with Crippen molar-refractivity contribution < 1.29 is 5.11 Å². The average molecular weight is 326 g/mol. The minimum atomic E-state index is 0.159. The molecular formula is C14H16BrNOS. The van der Waals surface area contributed by atoms with Crippen molar-refractivity contribution in [1.82, 2.24) is 4.98 Å². The van der Waals surface area contributed by atoms with Gasteiger partial charge in [-0.25, -0.2) is 4.98 Å². The van der Waals surface area contributed by atoms with Gasteiger partial charge in [-0.15, -0.1) is 11.3 Å². The highest BCUT2D eigenvalue weighted by atomic mass is 79.9. The number of rotatable bonds is 3. The maximum Gasteiger partial charge on any atom is 0.125 e. The Labute approximate surface area is 120 Å². The molecule has 0 aliphatic carbocycles. The molecule has 96 valence electrons. The van der Waals surface area contributed by atoms with Gasteiger partial charge in [0.1, 0.15) is 9.61 Å². The van der Waals surface area contributed by atoms with Gasteiger partial charge < -0.3 is 5.11 Å². The second-order valence-electron chi connectivity index (χ2n) is 4.46. The number of nitrogens with zero attached hydrogens (tertiary/aromatic N) is 1. The van der Waals surface area contributed by atoms with E-state index in [1.165, 1.54) is 22.3 Å². The van der Waals surface area contributed by atoms with Crippen LogP contribution < -0.4 is 0 Å². The van der Waals surface area contributed by atoms with Crippen LogP contribution in [0, 0.1) is 20.8 Å². The summed E-state index contributed by atoms with van der Waals surface area (Å²) in [6.07, 6.45) is 0.655. The zero-order chi connectivity index (χ0) is 13.3. The molecule has 0 bridgehead atoms. The lowest BCUT2D eigenvalue weighted by Gasteiger charge is -2.07. The summed E-state index contributed by atoms with van der Waals surface area (Å²) >= 11 is 5.11. The lowest BCUT2D eigenvalue weighted by Crippen LogP contribution is -1.88. The van der Waals surface area contributed by atoms with Crippen molar-refractivity contribution in [2.24, 2.45) is 0 Å². The summed E-state index contributed by atoms with van der Waals surface area (Å²) in [5.74, 6) is 0. The summed E-state index contributed by atoms with van der Waals surface area (Å²) in [4.78, 5) is 5.66. The maximum absolute atomic E-state index is 9.02. The van der Waals surface area contributed by atoms with Crippen molar-refractivity contribution in [2.75, 3.05) is 6.61 Å². The van der Waals surface area contributed by atoms with Crippen LogP contribution in [0.25, 0.3) is 10.6 Å². The Hall–Kier alpha value is -0.710. The molecule has 0 saturated carbocycles. The van der Waals surface area contributed by atoms with Gasteiger partial charge in [-0.2, -0.15) is 0 Å². The highest BCUT2D eigenvalue weighted by molar-refractivity contribution is 9.10. The number of aromatic nitrogens is 1. The highest BCUT2D eigenvalue weighted by Crippen LogP contribution is 2.34. The zero-order valence-electron chi connectivity index (χ0n) is 10.7. The van der Waals surface area contributed by atoms with Crippen LogP contribution in [-0.4, -0.2) is 16.7 Å². The molecule has 2 nitrogen and oxygen atoms in total. The van der Waals surface area contributed by atoms with E-state index in [-0.39, 0.29) is 6.61 Å². The van der Waals surface area contributed by atoms with E-state index in [2.05, 4.69) is 53.8 Å². The number of aliphatic hydroxyl groups excluding tert-OH is 1. The van der Waals surface area contributed by atoms with Gasteiger partial charge in [-0.3, -0.25) is 0 Å². The molecule has 1 aromatic heterocycles. The number of benzene rings is 1. The van der Waals surface area contributed by atoms with Gasteiger partial charge in [0.05, 0.1) is 0 Å². The predicted molar refractivity (Wildman–Crippen MR) is 80.3 cm³/mol. The summed E-state index contributed by atoms with van der Waals surface area (Å²) in [6, 6.07) is 4.39. The molecule has 18 heavy (non-hydrogen) atoms. The van der Waals surface area contributed by atoms with Crippen molar-refractivity contribution in [3.8, 4) is 10.6 Å². The van der Waals surface area contributed by atoms with Crippen LogP contribution in [0.1, 0.15) is 21.6 Å². The number of hydrogen-bond acceptors (Lipinski definition) is 3. The fourth-order valence-electron chi connectivity index (χ4n) is 1.89. The van der Waals surface area contributed by atoms with E-state index in [0.717, 1.165) is 14.5 Å². The minimum Gasteiger partial charge on any atom is -0.396 e. The molecule has 0 saturated heterocycles. The molecule has 0 amide bonds. The van der Waals surface area contributed by atoms with E-state index in [4.69, 9.17) is 5.11 Å². The second-order valence-corrected chi connectivity index (χ2v) is 6.29. The Kier molecular flexibility index (Phi) is 4.20. The largest absolute Gasteiger partial charge is 0.396 e. The Morgan fingerprint density at radius 1 is 1.17 bits per heavy atom. The molecular weight excluding hydrogens is 310 g/mol. The molecule has 0 spiro atoms. The molecule has 1 heterocycles. The number of aliphatic hydroxyl groups is 1. The Bertz CT molecular complexity index is 577. The van der Waals surface area contributed by atoms with E-state index in [0.29, 0.717) is 6.42 Å². The van der Waals surface area contributed by atoms with E-state index >= 15 is 0 Å². The second kappa shape index (κ2) is 5.51. The SMILES string of the molecule is Cc1cc(C)c(-c2nc(Br)c(CCO)s2)cc1C. The molecule has 0 atom stereocenters. The predicted octanol–water partition coefficient (Wildman–Crippen LogP) is 4.03. The Morgan fingerprint density at radius 2 is 1.83 bits per heavy atom. The topological polar surface area (TPSA) is 33.1 Å². The first-order valence-electron chi connectivity index (χ1n) is 5.87. The van der Waals surface area contributed by atoms with Gasteiger partial charge in [-0.1, -0.05) is 6.07 Å². The maximum atomic E-state index is 9.02. The first-order chi connectivity index (χ1) is 8.52. The van der Waals surface area contributed by atoms with E-state index < -0.39 is 0 Å². The molecule has 0 fully saturated rings. The van der Waals surface area contributed by atoms with E-state index in [9.17, 15) is 0 Å². The quantitative estimate of drug-likeness (QED) is 0.924. The minimum absolute atomic E-state index is 0.159. The van der Waals surface area contributed by atoms with E-state index in [1.807, 2.05) is 0 Å². The first-order valence-corrected chi connectivity index (χ1v) is 7.48. The van der Waals surface area contributed by atoms with Crippen LogP contribution in [0.5, 0.6) is 0 Å². The summed E-state index contributed by atoms with van der Waals surface area (Å²) < 4.78 is 0.856. The third kappa shape index (κ3) is 2.66. The number of aryl methyl sites for hydroxylation is 3. The van der Waals surface area contributed by atoms with Crippen LogP contribution in [0.3, 0.4) is 0 Å². The van der Waals surface area contributed by atoms with Gasteiger partial charge in [-0.05, 0) is 59.5 Å². The monoisotopic (exact) mass is 325 g/mol. The van der Waals surface area contributed by atoms with Crippen molar-refractivity contribution in [3.05, 3.63) is 38.3 Å². The zero-order valence-corrected chi connectivity index (χ0v) is 13.2. The van der Waals surface area contributed by atoms with Crippen LogP contribution >= 0.6 is 27.3 Å². The molecule has 2 aromatic rings. The van der Waals surface area contributed by atoms with Crippen LogP contribution in [0.2, 0.25) is 0 Å². The lowest BCUT2D eigenvalue weighted by atomic mass is 10.0. The molecule has 2 rings (SSSR count). The third-order valence-electron chi connectivity index (χ3n) is 3.06. The lowest BCUT2D eigenvalue weighted by molar-refractivity contribution is 0.300. The number of hydrogen-bond donors (Lipinski definition) is 1. The molecule has 0 aliphatic rings.